The Bertz CT molecular complexity index is 914. The van der Waals surface area contributed by atoms with Crippen LogP contribution in [0.4, 0.5) is 0 Å². The van der Waals surface area contributed by atoms with Gasteiger partial charge in [0.2, 0.25) is 5.91 Å². The van der Waals surface area contributed by atoms with E-state index in [0.717, 1.165) is 51.4 Å². The van der Waals surface area contributed by atoms with Crippen LogP contribution < -0.4 is 5.32 Å². The Morgan fingerprint density at radius 3 is 1.47 bits per heavy atom. The molecule has 1 fully saturated rings. The van der Waals surface area contributed by atoms with Crippen LogP contribution in [0.2, 0.25) is 0 Å². The van der Waals surface area contributed by atoms with Crippen LogP contribution in [0.3, 0.4) is 0 Å². The third kappa shape index (κ3) is 27.9. The smallest absolute Gasteiger partial charge is 0.220 e. The zero-order chi connectivity index (χ0) is 40.2. The molecule has 0 aromatic heterocycles. The maximum Gasteiger partial charge on any atom is 0.220 e. The molecule has 1 rings (SSSR count). The Labute approximate surface area is 337 Å². The first kappa shape index (κ1) is 51.7. The Morgan fingerprint density at radius 2 is 1.02 bits per heavy atom. The fourth-order valence-corrected chi connectivity index (χ4v) is 7.27. The van der Waals surface area contributed by atoms with Crippen molar-refractivity contribution < 1.29 is 39.8 Å². The zero-order valence-corrected chi connectivity index (χ0v) is 35.4. The number of nitrogens with one attached hydrogen (secondary N) is 1. The molecule has 1 aliphatic rings. The van der Waals surface area contributed by atoms with E-state index in [-0.39, 0.29) is 12.5 Å². The van der Waals surface area contributed by atoms with E-state index >= 15 is 0 Å². The van der Waals surface area contributed by atoms with E-state index in [1.165, 1.54) is 135 Å². The highest BCUT2D eigenvalue weighted by atomic mass is 16.7. The summed E-state index contributed by atoms with van der Waals surface area (Å²) in [6.45, 7) is 3.76. The van der Waals surface area contributed by atoms with E-state index in [0.29, 0.717) is 6.42 Å². The van der Waals surface area contributed by atoms with Gasteiger partial charge in [-0.1, -0.05) is 179 Å². The lowest BCUT2D eigenvalue weighted by molar-refractivity contribution is -0.302. The summed E-state index contributed by atoms with van der Waals surface area (Å²) in [4.78, 5) is 12.9. The highest BCUT2D eigenvalue weighted by Crippen LogP contribution is 2.22. The van der Waals surface area contributed by atoms with Crippen molar-refractivity contribution in [1.82, 2.24) is 5.32 Å². The molecule has 1 aliphatic heterocycles. The summed E-state index contributed by atoms with van der Waals surface area (Å²) in [5, 5.41) is 54.1. The van der Waals surface area contributed by atoms with E-state index in [1.807, 2.05) is 6.08 Å². The second kappa shape index (κ2) is 37.0. The standard InChI is InChI=1S/C46H87NO8/c1-3-5-7-9-11-13-15-17-18-19-20-21-22-24-25-27-29-31-33-35-40(49)39(38-54-46-45(53)44(52)43(51)41(37-48)55-46)47-42(50)36-34-32-30-28-26-23-16-14-12-10-8-6-4-2/h23,26,33,35,39-41,43-46,48-49,51-53H,3-22,24-25,27-32,34,36-38H2,1-2H3,(H,47,50)/b26-23-,35-33+. The third-order valence-electron chi connectivity index (χ3n) is 11.0. The lowest BCUT2D eigenvalue weighted by Gasteiger charge is -2.40. The minimum absolute atomic E-state index is 0.192. The molecule has 6 N–H and O–H groups in total. The van der Waals surface area contributed by atoms with Crippen LogP contribution in [0.15, 0.2) is 24.3 Å². The van der Waals surface area contributed by atoms with E-state index in [1.54, 1.807) is 6.08 Å². The molecule has 0 saturated carbocycles. The number of aliphatic hydroxyl groups excluding tert-OH is 5. The minimum atomic E-state index is -1.57. The second-order valence-corrected chi connectivity index (χ2v) is 16.2. The Morgan fingerprint density at radius 1 is 0.600 bits per heavy atom. The summed E-state index contributed by atoms with van der Waals surface area (Å²) in [6, 6.07) is -0.809. The summed E-state index contributed by atoms with van der Waals surface area (Å²) in [5.74, 6) is -0.193. The number of carbonyl (C=O) groups excluding carboxylic acids is 1. The molecule has 9 nitrogen and oxygen atoms in total. The Balaban J connectivity index is 2.36. The van der Waals surface area contributed by atoms with Crippen molar-refractivity contribution in [3.63, 3.8) is 0 Å². The maximum atomic E-state index is 12.9. The monoisotopic (exact) mass is 782 g/mol. The van der Waals surface area contributed by atoms with Crippen LogP contribution >= 0.6 is 0 Å². The first-order chi connectivity index (χ1) is 26.8. The van der Waals surface area contributed by atoms with E-state index in [2.05, 4.69) is 31.3 Å². The third-order valence-corrected chi connectivity index (χ3v) is 11.0. The molecule has 0 radical (unpaired) electrons. The molecule has 55 heavy (non-hydrogen) atoms. The lowest BCUT2D eigenvalue weighted by Crippen LogP contribution is -2.60. The van der Waals surface area contributed by atoms with Gasteiger partial charge in [-0.3, -0.25) is 4.79 Å². The fourth-order valence-electron chi connectivity index (χ4n) is 7.27. The topological polar surface area (TPSA) is 149 Å². The number of ether oxygens (including phenoxy) is 2. The highest BCUT2D eigenvalue weighted by molar-refractivity contribution is 5.76. The average molecular weight is 782 g/mol. The molecule has 7 unspecified atom stereocenters. The largest absolute Gasteiger partial charge is 0.394 e. The summed E-state index contributed by atoms with van der Waals surface area (Å²) in [5.41, 5.74) is 0. The van der Waals surface area contributed by atoms with Gasteiger partial charge in [0.15, 0.2) is 6.29 Å². The van der Waals surface area contributed by atoms with Crippen molar-refractivity contribution in [1.29, 1.82) is 0 Å². The highest BCUT2D eigenvalue weighted by Gasteiger charge is 2.44. The molecule has 0 aromatic rings. The normalized spacial score (nSPS) is 21.5. The minimum Gasteiger partial charge on any atom is -0.394 e. The number of hydrogen-bond acceptors (Lipinski definition) is 8. The quantitative estimate of drug-likeness (QED) is 0.0268. The molecule has 0 aromatic carbocycles. The van der Waals surface area contributed by atoms with Crippen LogP contribution in [0.1, 0.15) is 206 Å². The molecule has 7 atom stereocenters. The van der Waals surface area contributed by atoms with Crippen molar-refractivity contribution in [2.45, 2.75) is 249 Å². The van der Waals surface area contributed by atoms with Crippen molar-refractivity contribution >= 4 is 5.91 Å². The van der Waals surface area contributed by atoms with Gasteiger partial charge < -0.3 is 40.3 Å². The zero-order valence-electron chi connectivity index (χ0n) is 35.4. The van der Waals surface area contributed by atoms with Gasteiger partial charge in [-0.15, -0.1) is 0 Å². The SMILES string of the molecule is CCCCCCCC/C=C\CCCCCC(=O)NC(COC1OC(CO)C(O)C(O)C1O)C(O)/C=C/CCCCCCCCCCCCCCCCCCC. The molecular formula is C46H87NO8. The van der Waals surface area contributed by atoms with Gasteiger partial charge in [0, 0.05) is 6.42 Å². The van der Waals surface area contributed by atoms with Gasteiger partial charge in [-0.25, -0.2) is 0 Å². The molecule has 1 heterocycles. The summed E-state index contributed by atoms with van der Waals surface area (Å²) >= 11 is 0. The number of rotatable bonds is 38. The molecule has 0 spiro atoms. The number of unbranched alkanes of at least 4 members (excludes halogenated alkanes) is 26. The van der Waals surface area contributed by atoms with Crippen LogP contribution in [0, 0.1) is 0 Å². The molecular weight excluding hydrogens is 695 g/mol. The molecule has 324 valence electrons. The summed E-state index contributed by atoms with van der Waals surface area (Å²) in [7, 11) is 0. The predicted octanol–water partition coefficient (Wildman–Crippen LogP) is 9.50. The molecule has 1 amide bonds. The number of hydrogen-bond donors (Lipinski definition) is 6. The fraction of sp³-hybridized carbons (Fsp3) is 0.891. The van der Waals surface area contributed by atoms with Crippen LogP contribution in [-0.4, -0.2) is 87.5 Å². The van der Waals surface area contributed by atoms with Gasteiger partial charge >= 0.3 is 0 Å². The van der Waals surface area contributed by atoms with E-state index in [9.17, 15) is 30.3 Å². The van der Waals surface area contributed by atoms with Gasteiger partial charge in [-0.2, -0.15) is 0 Å². The molecule has 0 aliphatic carbocycles. The van der Waals surface area contributed by atoms with Crippen molar-refractivity contribution in [3.05, 3.63) is 24.3 Å². The van der Waals surface area contributed by atoms with Crippen LogP contribution in [0.25, 0.3) is 0 Å². The van der Waals surface area contributed by atoms with Crippen molar-refractivity contribution in [2.24, 2.45) is 0 Å². The van der Waals surface area contributed by atoms with Gasteiger partial charge in [0.25, 0.3) is 0 Å². The Hall–Kier alpha value is -1.33. The molecule has 9 heteroatoms. The van der Waals surface area contributed by atoms with Crippen LogP contribution in [0.5, 0.6) is 0 Å². The molecule has 0 bridgehead atoms. The second-order valence-electron chi connectivity index (χ2n) is 16.2. The maximum absolute atomic E-state index is 12.9. The van der Waals surface area contributed by atoms with E-state index in [4.69, 9.17) is 9.47 Å². The lowest BCUT2D eigenvalue weighted by atomic mass is 9.99. The number of allylic oxidation sites excluding steroid dienone is 3. The van der Waals surface area contributed by atoms with Crippen LogP contribution in [-0.2, 0) is 14.3 Å². The van der Waals surface area contributed by atoms with Gasteiger partial charge in [0.05, 0.1) is 25.4 Å². The van der Waals surface area contributed by atoms with Crippen molar-refractivity contribution in [2.75, 3.05) is 13.2 Å². The predicted molar refractivity (Wildman–Crippen MR) is 226 cm³/mol. The Kier molecular flexibility index (Phi) is 34.7. The number of aliphatic hydroxyl groups is 5. The average Bonchev–Trinajstić information content (AvgIpc) is 3.18. The van der Waals surface area contributed by atoms with E-state index < -0.39 is 49.5 Å². The summed E-state index contributed by atoms with van der Waals surface area (Å²) < 4.78 is 11.2. The first-order valence-electron chi connectivity index (χ1n) is 23.1. The first-order valence-corrected chi connectivity index (χ1v) is 23.1. The number of carbonyl (C=O) groups is 1. The summed E-state index contributed by atoms with van der Waals surface area (Å²) in [6.07, 6.45) is 36.5. The van der Waals surface area contributed by atoms with Gasteiger partial charge in [-0.05, 0) is 44.9 Å². The number of amides is 1. The van der Waals surface area contributed by atoms with Gasteiger partial charge in [0.1, 0.15) is 24.4 Å². The molecule has 1 saturated heterocycles. The van der Waals surface area contributed by atoms with Crippen molar-refractivity contribution in [3.8, 4) is 0 Å².